The minimum absolute atomic E-state index is 0.623. The molecule has 1 aliphatic rings. The molecule has 3 rings (SSSR count). The highest BCUT2D eigenvalue weighted by Crippen LogP contribution is 2.30. The van der Waals surface area contributed by atoms with Crippen LogP contribution in [0.4, 0.5) is 5.69 Å². The molecular formula is C18H24N2. The fourth-order valence-corrected chi connectivity index (χ4v) is 3.47. The number of nitrogens with one attached hydrogen (secondary N) is 1. The third-order valence-electron chi connectivity index (χ3n) is 4.45. The molecule has 2 heteroatoms. The molecular weight excluding hydrogens is 244 g/mol. The highest BCUT2D eigenvalue weighted by atomic mass is 15.2. The van der Waals surface area contributed by atoms with Crippen LogP contribution in [0.3, 0.4) is 0 Å². The predicted octanol–water partition coefficient (Wildman–Crippen LogP) is 3.81. The lowest BCUT2D eigenvalue weighted by Crippen LogP contribution is -2.47. The van der Waals surface area contributed by atoms with E-state index >= 15 is 0 Å². The first-order valence-electron chi connectivity index (χ1n) is 7.77. The summed E-state index contributed by atoms with van der Waals surface area (Å²) in [5.41, 5.74) is 1.39. The second-order valence-corrected chi connectivity index (χ2v) is 5.82. The lowest BCUT2D eigenvalue weighted by molar-refractivity contribution is 0.366. The van der Waals surface area contributed by atoms with Gasteiger partial charge in [0.25, 0.3) is 0 Å². The smallest absolute Gasteiger partial charge is 0.0448 e. The van der Waals surface area contributed by atoms with Crippen molar-refractivity contribution in [2.75, 3.05) is 18.0 Å². The average molecular weight is 268 g/mol. The Hall–Kier alpha value is -1.54. The number of nitrogens with zero attached hydrogens (tertiary/aromatic N) is 1. The molecule has 0 saturated carbocycles. The summed E-state index contributed by atoms with van der Waals surface area (Å²) in [7, 11) is 0. The number of piperidine rings is 1. The lowest BCUT2D eigenvalue weighted by atomic mass is 9.97. The molecule has 1 aliphatic heterocycles. The molecule has 2 aromatic carbocycles. The first kappa shape index (κ1) is 13.4. The van der Waals surface area contributed by atoms with Gasteiger partial charge in [0.05, 0.1) is 0 Å². The molecule has 0 bridgehead atoms. The molecule has 0 aliphatic carbocycles. The van der Waals surface area contributed by atoms with Gasteiger partial charge in [-0.2, -0.15) is 0 Å². The van der Waals surface area contributed by atoms with Crippen molar-refractivity contribution in [3.05, 3.63) is 42.5 Å². The molecule has 0 radical (unpaired) electrons. The van der Waals surface area contributed by atoms with Gasteiger partial charge in [0.1, 0.15) is 0 Å². The summed E-state index contributed by atoms with van der Waals surface area (Å²) >= 11 is 0. The summed E-state index contributed by atoms with van der Waals surface area (Å²) < 4.78 is 0. The van der Waals surface area contributed by atoms with E-state index < -0.39 is 0 Å². The van der Waals surface area contributed by atoms with Gasteiger partial charge in [-0.15, -0.1) is 0 Å². The third kappa shape index (κ3) is 2.53. The van der Waals surface area contributed by atoms with Gasteiger partial charge >= 0.3 is 0 Å². The van der Waals surface area contributed by atoms with Crippen molar-refractivity contribution >= 4 is 16.5 Å². The van der Waals surface area contributed by atoms with E-state index in [1.54, 1.807) is 0 Å². The van der Waals surface area contributed by atoms with Gasteiger partial charge in [-0.25, -0.2) is 0 Å². The number of rotatable bonds is 3. The standard InChI is InChI=1S/C18H24N2/c1-3-20(16-11-12-19-14(2)13-16)18-10-6-8-15-7-4-5-9-17(15)18/h4-10,14,16,19H,3,11-13H2,1-2H3. The fraction of sp³-hybridized carbons (Fsp3) is 0.444. The second kappa shape index (κ2) is 5.84. The monoisotopic (exact) mass is 268 g/mol. The Kier molecular flexibility index (Phi) is 3.93. The first-order chi connectivity index (χ1) is 9.79. The zero-order valence-electron chi connectivity index (χ0n) is 12.5. The molecule has 1 N–H and O–H groups in total. The van der Waals surface area contributed by atoms with Gasteiger partial charge in [0, 0.05) is 29.7 Å². The van der Waals surface area contributed by atoms with E-state index in [9.17, 15) is 0 Å². The van der Waals surface area contributed by atoms with Crippen LogP contribution in [-0.4, -0.2) is 25.2 Å². The van der Waals surface area contributed by atoms with Crippen LogP contribution < -0.4 is 10.2 Å². The Morgan fingerprint density at radius 3 is 2.75 bits per heavy atom. The normalized spacial score (nSPS) is 22.9. The van der Waals surface area contributed by atoms with E-state index in [0.717, 1.165) is 13.1 Å². The molecule has 2 nitrogen and oxygen atoms in total. The largest absolute Gasteiger partial charge is 0.368 e. The van der Waals surface area contributed by atoms with Crippen LogP contribution >= 0.6 is 0 Å². The summed E-state index contributed by atoms with van der Waals surface area (Å²) in [6.45, 7) is 6.77. The highest BCUT2D eigenvalue weighted by Gasteiger charge is 2.24. The molecule has 2 aromatic rings. The van der Waals surface area contributed by atoms with Crippen LogP contribution in [0.5, 0.6) is 0 Å². The quantitative estimate of drug-likeness (QED) is 0.910. The number of hydrogen-bond donors (Lipinski definition) is 1. The van der Waals surface area contributed by atoms with Crippen molar-refractivity contribution in [3.63, 3.8) is 0 Å². The molecule has 2 unspecified atom stereocenters. The Morgan fingerprint density at radius 2 is 1.95 bits per heavy atom. The van der Waals surface area contributed by atoms with Gasteiger partial charge in [0.2, 0.25) is 0 Å². The Labute approximate surface area is 121 Å². The summed E-state index contributed by atoms with van der Waals surface area (Å²) in [5, 5.41) is 6.27. The minimum Gasteiger partial charge on any atom is -0.368 e. The molecule has 1 saturated heterocycles. The zero-order chi connectivity index (χ0) is 13.9. The number of anilines is 1. The Bertz CT molecular complexity index is 573. The van der Waals surface area contributed by atoms with Crippen molar-refractivity contribution in [2.24, 2.45) is 0 Å². The first-order valence-corrected chi connectivity index (χ1v) is 7.77. The molecule has 0 amide bonds. The molecule has 0 spiro atoms. The second-order valence-electron chi connectivity index (χ2n) is 5.82. The van der Waals surface area contributed by atoms with Gasteiger partial charge in [-0.1, -0.05) is 36.4 Å². The predicted molar refractivity (Wildman–Crippen MR) is 87.5 cm³/mol. The van der Waals surface area contributed by atoms with Crippen LogP contribution in [0.2, 0.25) is 0 Å². The van der Waals surface area contributed by atoms with Crippen LogP contribution in [0.25, 0.3) is 10.8 Å². The molecule has 20 heavy (non-hydrogen) atoms. The Balaban J connectivity index is 1.98. The maximum absolute atomic E-state index is 3.55. The summed E-state index contributed by atoms with van der Waals surface area (Å²) in [4.78, 5) is 2.60. The molecule has 1 fully saturated rings. The van der Waals surface area contributed by atoms with Crippen LogP contribution in [0.15, 0.2) is 42.5 Å². The summed E-state index contributed by atoms with van der Waals surface area (Å²) in [5.74, 6) is 0. The van der Waals surface area contributed by atoms with E-state index in [-0.39, 0.29) is 0 Å². The topological polar surface area (TPSA) is 15.3 Å². The molecule has 0 aromatic heterocycles. The van der Waals surface area contributed by atoms with Crippen LogP contribution in [0, 0.1) is 0 Å². The van der Waals surface area contributed by atoms with E-state index in [1.165, 1.54) is 29.3 Å². The number of hydrogen-bond acceptors (Lipinski definition) is 2. The van der Waals surface area contributed by atoms with Crippen LogP contribution in [-0.2, 0) is 0 Å². The van der Waals surface area contributed by atoms with Crippen molar-refractivity contribution in [1.29, 1.82) is 0 Å². The SMILES string of the molecule is CCN(c1cccc2ccccc12)C1CCNC(C)C1. The number of benzene rings is 2. The Morgan fingerprint density at radius 1 is 1.15 bits per heavy atom. The lowest BCUT2D eigenvalue weighted by Gasteiger charge is -2.38. The molecule has 106 valence electrons. The van der Waals surface area contributed by atoms with E-state index in [2.05, 4.69) is 66.5 Å². The van der Waals surface area contributed by atoms with Gasteiger partial charge in [-0.3, -0.25) is 0 Å². The summed E-state index contributed by atoms with van der Waals surface area (Å²) in [6, 6.07) is 16.7. The fourth-order valence-electron chi connectivity index (χ4n) is 3.47. The zero-order valence-corrected chi connectivity index (χ0v) is 12.5. The van der Waals surface area contributed by atoms with E-state index in [0.29, 0.717) is 12.1 Å². The third-order valence-corrected chi connectivity index (χ3v) is 4.45. The van der Waals surface area contributed by atoms with Crippen molar-refractivity contribution in [2.45, 2.75) is 38.8 Å². The van der Waals surface area contributed by atoms with Crippen molar-refractivity contribution < 1.29 is 0 Å². The van der Waals surface area contributed by atoms with Crippen molar-refractivity contribution in [3.8, 4) is 0 Å². The van der Waals surface area contributed by atoms with E-state index in [1.807, 2.05) is 0 Å². The van der Waals surface area contributed by atoms with Gasteiger partial charge < -0.3 is 10.2 Å². The van der Waals surface area contributed by atoms with Crippen molar-refractivity contribution in [1.82, 2.24) is 5.32 Å². The minimum atomic E-state index is 0.623. The van der Waals surface area contributed by atoms with Crippen LogP contribution in [0.1, 0.15) is 26.7 Å². The molecule has 1 heterocycles. The number of fused-ring (bicyclic) bond motifs is 1. The van der Waals surface area contributed by atoms with Gasteiger partial charge in [-0.05, 0) is 44.7 Å². The maximum atomic E-state index is 3.55. The van der Waals surface area contributed by atoms with E-state index in [4.69, 9.17) is 0 Å². The average Bonchev–Trinajstić information content (AvgIpc) is 2.48. The summed E-state index contributed by atoms with van der Waals surface area (Å²) in [6.07, 6.45) is 2.47. The molecule has 2 atom stereocenters. The highest BCUT2D eigenvalue weighted by molar-refractivity contribution is 5.94. The maximum Gasteiger partial charge on any atom is 0.0448 e. The van der Waals surface area contributed by atoms with Gasteiger partial charge in [0.15, 0.2) is 0 Å².